The molecule has 1 unspecified atom stereocenters. The number of sulfonamides is 1. The van der Waals surface area contributed by atoms with Crippen LogP contribution in [0.1, 0.15) is 20.8 Å². The van der Waals surface area contributed by atoms with Crippen LogP contribution in [0.4, 0.5) is 0 Å². The SMILES string of the molecule is CCNCCS(=O)(=O)N1CCN(CC)C(C)C1. The number of likely N-dealkylation sites (N-methyl/N-ethyl adjacent to an activating group) is 1. The van der Waals surface area contributed by atoms with Gasteiger partial charge in [-0.1, -0.05) is 13.8 Å². The summed E-state index contributed by atoms with van der Waals surface area (Å²) in [4.78, 5) is 2.32. The molecule has 1 N–H and O–H groups in total. The molecule has 0 bridgehead atoms. The summed E-state index contributed by atoms with van der Waals surface area (Å²) in [6.07, 6.45) is 0. The molecule has 1 fully saturated rings. The van der Waals surface area contributed by atoms with Crippen LogP contribution in [0.25, 0.3) is 0 Å². The summed E-state index contributed by atoms with van der Waals surface area (Å²) < 4.78 is 25.8. The van der Waals surface area contributed by atoms with Crippen LogP contribution in [0.2, 0.25) is 0 Å². The van der Waals surface area contributed by atoms with Crippen molar-refractivity contribution in [1.82, 2.24) is 14.5 Å². The molecule has 17 heavy (non-hydrogen) atoms. The van der Waals surface area contributed by atoms with E-state index in [0.717, 1.165) is 19.6 Å². The van der Waals surface area contributed by atoms with Gasteiger partial charge in [0.15, 0.2) is 0 Å². The Labute approximate surface area is 105 Å². The third kappa shape index (κ3) is 4.21. The third-order valence-electron chi connectivity index (χ3n) is 3.31. The highest BCUT2D eigenvalue weighted by molar-refractivity contribution is 7.89. The van der Waals surface area contributed by atoms with E-state index >= 15 is 0 Å². The van der Waals surface area contributed by atoms with Crippen molar-refractivity contribution < 1.29 is 8.42 Å². The third-order valence-corrected chi connectivity index (χ3v) is 5.15. The van der Waals surface area contributed by atoms with Crippen molar-refractivity contribution in [1.29, 1.82) is 0 Å². The molecular formula is C11H25N3O2S. The zero-order valence-electron chi connectivity index (χ0n) is 11.1. The number of rotatable bonds is 6. The summed E-state index contributed by atoms with van der Waals surface area (Å²) in [6, 6.07) is 0.322. The van der Waals surface area contributed by atoms with Crippen molar-refractivity contribution in [2.45, 2.75) is 26.8 Å². The molecule has 1 atom stereocenters. The Morgan fingerprint density at radius 3 is 2.53 bits per heavy atom. The summed E-state index contributed by atoms with van der Waals surface area (Å²) in [6.45, 7) is 10.6. The Hall–Kier alpha value is -0.170. The van der Waals surface area contributed by atoms with Crippen molar-refractivity contribution in [2.75, 3.05) is 45.0 Å². The van der Waals surface area contributed by atoms with E-state index in [0.29, 0.717) is 25.7 Å². The zero-order chi connectivity index (χ0) is 12.9. The van der Waals surface area contributed by atoms with Crippen LogP contribution in [-0.4, -0.2) is 68.7 Å². The molecule has 102 valence electrons. The van der Waals surface area contributed by atoms with Crippen LogP contribution in [0.15, 0.2) is 0 Å². The molecule has 1 aliphatic heterocycles. The summed E-state index contributed by atoms with van der Waals surface area (Å²) >= 11 is 0. The lowest BCUT2D eigenvalue weighted by molar-refractivity contribution is 0.136. The lowest BCUT2D eigenvalue weighted by Crippen LogP contribution is -2.54. The van der Waals surface area contributed by atoms with Crippen molar-refractivity contribution in [3.05, 3.63) is 0 Å². The second-order valence-corrected chi connectivity index (χ2v) is 6.59. The van der Waals surface area contributed by atoms with Gasteiger partial charge in [-0.05, 0) is 20.0 Å². The highest BCUT2D eigenvalue weighted by Crippen LogP contribution is 2.12. The first kappa shape index (κ1) is 14.9. The zero-order valence-corrected chi connectivity index (χ0v) is 12.0. The average Bonchev–Trinajstić information content (AvgIpc) is 2.29. The quantitative estimate of drug-likeness (QED) is 0.683. The van der Waals surface area contributed by atoms with E-state index in [4.69, 9.17) is 0 Å². The number of piperazine rings is 1. The molecule has 0 aromatic rings. The molecule has 6 heteroatoms. The maximum Gasteiger partial charge on any atom is 0.215 e. The lowest BCUT2D eigenvalue weighted by Gasteiger charge is -2.38. The maximum absolute atomic E-state index is 12.1. The van der Waals surface area contributed by atoms with Gasteiger partial charge in [0.05, 0.1) is 5.75 Å². The molecule has 1 rings (SSSR count). The Bertz CT molecular complexity index is 319. The first-order valence-electron chi connectivity index (χ1n) is 6.43. The molecule has 1 heterocycles. The van der Waals surface area contributed by atoms with E-state index in [1.54, 1.807) is 4.31 Å². The summed E-state index contributed by atoms with van der Waals surface area (Å²) in [5, 5.41) is 3.06. The smallest absolute Gasteiger partial charge is 0.215 e. The molecule has 5 nitrogen and oxygen atoms in total. The Morgan fingerprint density at radius 1 is 1.29 bits per heavy atom. The standard InChI is InChI=1S/C11H25N3O2S/c1-4-12-6-9-17(15,16)14-8-7-13(5-2)11(3)10-14/h11-12H,4-10H2,1-3H3. The van der Waals surface area contributed by atoms with E-state index in [-0.39, 0.29) is 5.75 Å². The van der Waals surface area contributed by atoms with Gasteiger partial charge in [-0.2, -0.15) is 4.31 Å². The fourth-order valence-electron chi connectivity index (χ4n) is 2.19. The molecule has 0 saturated carbocycles. The van der Waals surface area contributed by atoms with Gasteiger partial charge >= 0.3 is 0 Å². The van der Waals surface area contributed by atoms with Crippen LogP contribution in [0, 0.1) is 0 Å². The highest BCUT2D eigenvalue weighted by atomic mass is 32.2. The van der Waals surface area contributed by atoms with E-state index in [2.05, 4.69) is 24.1 Å². The average molecular weight is 263 g/mol. The molecule has 0 amide bonds. The van der Waals surface area contributed by atoms with Crippen LogP contribution in [-0.2, 0) is 10.0 Å². The monoisotopic (exact) mass is 263 g/mol. The minimum atomic E-state index is -3.08. The van der Waals surface area contributed by atoms with Crippen LogP contribution in [0.5, 0.6) is 0 Å². The molecule has 1 aliphatic rings. The lowest BCUT2D eigenvalue weighted by atomic mass is 10.2. The number of hydrogen-bond donors (Lipinski definition) is 1. The molecule has 0 aromatic heterocycles. The second-order valence-electron chi connectivity index (χ2n) is 4.51. The van der Waals surface area contributed by atoms with E-state index < -0.39 is 10.0 Å². The second kappa shape index (κ2) is 6.68. The molecule has 0 aliphatic carbocycles. The van der Waals surface area contributed by atoms with Crippen LogP contribution < -0.4 is 5.32 Å². The van der Waals surface area contributed by atoms with E-state index in [9.17, 15) is 8.42 Å². The predicted octanol–water partition coefficient (Wildman–Crippen LogP) is -0.0483. The Balaban J connectivity index is 2.50. The highest BCUT2D eigenvalue weighted by Gasteiger charge is 2.29. The molecular weight excluding hydrogens is 238 g/mol. The molecule has 0 spiro atoms. The largest absolute Gasteiger partial charge is 0.316 e. The number of hydrogen-bond acceptors (Lipinski definition) is 4. The van der Waals surface area contributed by atoms with E-state index in [1.165, 1.54) is 0 Å². The van der Waals surface area contributed by atoms with Crippen molar-refractivity contribution in [3.63, 3.8) is 0 Å². The van der Waals surface area contributed by atoms with Crippen LogP contribution >= 0.6 is 0 Å². The van der Waals surface area contributed by atoms with Gasteiger partial charge in [0.2, 0.25) is 10.0 Å². The molecule has 0 aromatic carbocycles. The molecule has 1 saturated heterocycles. The summed E-state index contributed by atoms with van der Waals surface area (Å²) in [5.41, 5.74) is 0. The van der Waals surface area contributed by atoms with Gasteiger partial charge in [0.1, 0.15) is 0 Å². The van der Waals surface area contributed by atoms with Crippen LogP contribution in [0.3, 0.4) is 0 Å². The molecule has 0 radical (unpaired) electrons. The van der Waals surface area contributed by atoms with Gasteiger partial charge in [-0.15, -0.1) is 0 Å². The fourth-order valence-corrected chi connectivity index (χ4v) is 3.65. The Morgan fingerprint density at radius 2 is 2.00 bits per heavy atom. The minimum absolute atomic E-state index is 0.208. The Kier molecular flexibility index (Phi) is 5.85. The number of nitrogens with zero attached hydrogens (tertiary/aromatic N) is 2. The van der Waals surface area contributed by atoms with E-state index in [1.807, 2.05) is 6.92 Å². The summed E-state index contributed by atoms with van der Waals surface area (Å²) in [7, 11) is -3.08. The number of nitrogens with one attached hydrogen (secondary N) is 1. The predicted molar refractivity (Wildman–Crippen MR) is 70.6 cm³/mol. The normalized spacial score (nSPS) is 24.1. The van der Waals surface area contributed by atoms with Gasteiger partial charge < -0.3 is 5.32 Å². The van der Waals surface area contributed by atoms with Gasteiger partial charge in [0, 0.05) is 32.2 Å². The first-order valence-corrected chi connectivity index (χ1v) is 8.04. The van der Waals surface area contributed by atoms with Gasteiger partial charge in [-0.25, -0.2) is 8.42 Å². The first-order chi connectivity index (χ1) is 8.01. The van der Waals surface area contributed by atoms with Crippen molar-refractivity contribution in [3.8, 4) is 0 Å². The fraction of sp³-hybridized carbons (Fsp3) is 1.00. The van der Waals surface area contributed by atoms with Gasteiger partial charge in [-0.3, -0.25) is 4.90 Å². The topological polar surface area (TPSA) is 52.7 Å². The van der Waals surface area contributed by atoms with Crippen molar-refractivity contribution >= 4 is 10.0 Å². The minimum Gasteiger partial charge on any atom is -0.316 e. The van der Waals surface area contributed by atoms with Crippen molar-refractivity contribution in [2.24, 2.45) is 0 Å². The maximum atomic E-state index is 12.1. The summed E-state index contributed by atoms with van der Waals surface area (Å²) in [5.74, 6) is 0.208. The van der Waals surface area contributed by atoms with Gasteiger partial charge in [0.25, 0.3) is 0 Å².